The first-order valence-electron chi connectivity index (χ1n) is 10.8. The maximum Gasteiger partial charge on any atom is 0.410 e. The Labute approximate surface area is 193 Å². The van der Waals surface area contributed by atoms with Crippen molar-refractivity contribution in [3.8, 4) is 5.75 Å². The van der Waals surface area contributed by atoms with Gasteiger partial charge in [-0.25, -0.2) is 14.0 Å². The highest BCUT2D eigenvalue weighted by molar-refractivity contribution is 6.00. The fourth-order valence-corrected chi connectivity index (χ4v) is 3.50. The van der Waals surface area contributed by atoms with Gasteiger partial charge in [-0.05, 0) is 63.6 Å². The predicted molar refractivity (Wildman–Crippen MR) is 127 cm³/mol. The van der Waals surface area contributed by atoms with Gasteiger partial charge in [0.25, 0.3) is 0 Å². The Morgan fingerprint density at radius 3 is 2.30 bits per heavy atom. The minimum Gasteiger partial charge on any atom is -0.495 e. The Balaban J connectivity index is 1.59. The van der Waals surface area contributed by atoms with Crippen LogP contribution in [0.15, 0.2) is 36.4 Å². The van der Waals surface area contributed by atoms with Crippen LogP contribution < -0.4 is 20.3 Å². The number of anilines is 3. The van der Waals surface area contributed by atoms with E-state index in [1.807, 2.05) is 38.7 Å². The monoisotopic (exact) mass is 458 g/mol. The second-order valence-corrected chi connectivity index (χ2v) is 8.90. The lowest BCUT2D eigenvalue weighted by Gasteiger charge is -2.36. The van der Waals surface area contributed by atoms with Crippen LogP contribution in [0.3, 0.4) is 0 Å². The molecule has 0 saturated carbocycles. The third-order valence-corrected chi connectivity index (χ3v) is 5.08. The van der Waals surface area contributed by atoms with Crippen molar-refractivity contribution in [2.24, 2.45) is 0 Å². The van der Waals surface area contributed by atoms with Crippen LogP contribution in [-0.2, 0) is 4.74 Å². The summed E-state index contributed by atoms with van der Waals surface area (Å²) < 4.78 is 25.5. The quantitative estimate of drug-likeness (QED) is 0.685. The Morgan fingerprint density at radius 2 is 1.70 bits per heavy atom. The van der Waals surface area contributed by atoms with Gasteiger partial charge in [0.05, 0.1) is 18.5 Å². The predicted octanol–water partition coefficient (Wildman–Crippen LogP) is 4.84. The highest BCUT2D eigenvalue weighted by Gasteiger charge is 2.27. The molecule has 3 rings (SSSR count). The van der Waals surface area contributed by atoms with Crippen molar-refractivity contribution in [1.29, 1.82) is 0 Å². The number of aryl methyl sites for hydroxylation is 1. The number of urea groups is 1. The number of carbonyl (C=O) groups excluding carboxylic acids is 2. The smallest absolute Gasteiger partial charge is 0.410 e. The van der Waals surface area contributed by atoms with Gasteiger partial charge < -0.3 is 29.9 Å². The molecule has 178 valence electrons. The molecule has 0 spiro atoms. The van der Waals surface area contributed by atoms with Gasteiger partial charge in [-0.3, -0.25) is 0 Å². The minimum atomic E-state index is -0.556. The maximum atomic E-state index is 14.8. The molecule has 0 unspecified atom stereocenters. The van der Waals surface area contributed by atoms with Gasteiger partial charge in [-0.1, -0.05) is 6.07 Å². The second kappa shape index (κ2) is 9.97. The van der Waals surface area contributed by atoms with Gasteiger partial charge in [-0.15, -0.1) is 0 Å². The van der Waals surface area contributed by atoms with E-state index in [4.69, 9.17) is 9.47 Å². The fourth-order valence-electron chi connectivity index (χ4n) is 3.50. The molecule has 0 radical (unpaired) electrons. The first-order chi connectivity index (χ1) is 15.6. The van der Waals surface area contributed by atoms with E-state index in [1.165, 1.54) is 13.2 Å². The molecule has 3 amide bonds. The van der Waals surface area contributed by atoms with E-state index in [2.05, 4.69) is 10.6 Å². The van der Waals surface area contributed by atoms with Crippen LogP contribution in [0, 0.1) is 12.7 Å². The van der Waals surface area contributed by atoms with E-state index in [0.29, 0.717) is 49.0 Å². The zero-order chi connectivity index (χ0) is 24.2. The summed E-state index contributed by atoms with van der Waals surface area (Å²) in [4.78, 5) is 28.1. The third kappa shape index (κ3) is 6.50. The van der Waals surface area contributed by atoms with Crippen molar-refractivity contribution in [3.63, 3.8) is 0 Å². The number of piperazine rings is 1. The summed E-state index contributed by atoms with van der Waals surface area (Å²) in [5.41, 5.74) is 1.68. The van der Waals surface area contributed by atoms with E-state index >= 15 is 0 Å². The molecule has 1 heterocycles. The molecule has 9 heteroatoms. The summed E-state index contributed by atoms with van der Waals surface area (Å²) in [6.45, 7) is 9.22. The lowest BCUT2D eigenvalue weighted by molar-refractivity contribution is 0.0240. The van der Waals surface area contributed by atoms with Crippen LogP contribution in [-0.4, -0.2) is 55.9 Å². The second-order valence-electron chi connectivity index (χ2n) is 8.90. The van der Waals surface area contributed by atoms with Crippen molar-refractivity contribution < 1.29 is 23.5 Å². The number of nitrogens with one attached hydrogen (secondary N) is 2. The summed E-state index contributed by atoms with van der Waals surface area (Å²) in [6.07, 6.45) is -0.363. The fraction of sp³-hybridized carbons (Fsp3) is 0.417. The molecule has 8 nitrogen and oxygen atoms in total. The van der Waals surface area contributed by atoms with Crippen molar-refractivity contribution in [1.82, 2.24) is 4.90 Å². The molecule has 0 aromatic heterocycles. The van der Waals surface area contributed by atoms with E-state index < -0.39 is 17.4 Å². The van der Waals surface area contributed by atoms with Crippen LogP contribution in [0.4, 0.5) is 31.0 Å². The zero-order valence-electron chi connectivity index (χ0n) is 19.7. The number of benzene rings is 2. The van der Waals surface area contributed by atoms with Crippen LogP contribution in [0.5, 0.6) is 5.75 Å². The van der Waals surface area contributed by atoms with Gasteiger partial charge in [0.15, 0.2) is 0 Å². The SMILES string of the molecule is COc1ccc(C)cc1NC(=O)Nc1ccc(N2CCN(C(=O)OC(C)(C)C)CC2)c(F)c1. The van der Waals surface area contributed by atoms with Crippen LogP contribution in [0.1, 0.15) is 26.3 Å². The Bertz CT molecular complexity index is 1010. The molecule has 1 saturated heterocycles. The average Bonchev–Trinajstić information content (AvgIpc) is 2.73. The van der Waals surface area contributed by atoms with Gasteiger partial charge in [0.2, 0.25) is 0 Å². The molecule has 2 aromatic carbocycles. The van der Waals surface area contributed by atoms with Crippen molar-refractivity contribution in [3.05, 3.63) is 47.8 Å². The summed E-state index contributed by atoms with van der Waals surface area (Å²) in [5, 5.41) is 5.36. The molecule has 0 bridgehead atoms. The Morgan fingerprint density at radius 1 is 1.00 bits per heavy atom. The number of amides is 3. The number of ether oxygens (including phenoxy) is 2. The van der Waals surface area contributed by atoms with Crippen LogP contribution >= 0.6 is 0 Å². The van der Waals surface area contributed by atoms with Crippen molar-refractivity contribution in [2.45, 2.75) is 33.3 Å². The number of hydrogen-bond acceptors (Lipinski definition) is 5. The van der Waals surface area contributed by atoms with Crippen molar-refractivity contribution in [2.75, 3.05) is 48.8 Å². The molecule has 33 heavy (non-hydrogen) atoms. The standard InChI is InChI=1S/C24H31FN4O4/c1-16-6-9-21(32-5)19(14-16)27-22(30)26-17-7-8-20(18(25)15-17)28-10-12-29(13-11-28)23(31)33-24(2,3)4/h6-9,14-15H,10-13H2,1-5H3,(H2,26,27,30). The molecule has 1 aliphatic rings. The average molecular weight is 459 g/mol. The minimum absolute atomic E-state index is 0.327. The number of methoxy groups -OCH3 is 1. The molecule has 2 aromatic rings. The first kappa shape index (κ1) is 24.2. The maximum absolute atomic E-state index is 14.8. The van der Waals surface area contributed by atoms with E-state index in [1.54, 1.807) is 29.2 Å². The summed E-state index contributed by atoms with van der Waals surface area (Å²) >= 11 is 0. The summed E-state index contributed by atoms with van der Waals surface area (Å²) in [5.74, 6) is 0.0782. The molecular formula is C24H31FN4O4. The van der Waals surface area contributed by atoms with Gasteiger partial charge in [0, 0.05) is 31.9 Å². The number of halogens is 1. The number of rotatable bonds is 4. The molecule has 1 fully saturated rings. The molecule has 1 aliphatic heterocycles. The van der Waals surface area contributed by atoms with Crippen molar-refractivity contribution >= 4 is 29.2 Å². The Kier molecular flexibility index (Phi) is 7.30. The highest BCUT2D eigenvalue weighted by atomic mass is 19.1. The van der Waals surface area contributed by atoms with Crippen LogP contribution in [0.2, 0.25) is 0 Å². The normalized spacial score (nSPS) is 14.0. The van der Waals surface area contributed by atoms with E-state index in [0.717, 1.165) is 5.56 Å². The summed E-state index contributed by atoms with van der Waals surface area (Å²) in [6, 6.07) is 9.48. The van der Waals surface area contributed by atoms with Gasteiger partial charge in [-0.2, -0.15) is 0 Å². The molecule has 2 N–H and O–H groups in total. The van der Waals surface area contributed by atoms with Gasteiger partial charge in [0.1, 0.15) is 17.2 Å². The Hall–Kier alpha value is -3.49. The zero-order valence-corrected chi connectivity index (χ0v) is 19.7. The van der Waals surface area contributed by atoms with E-state index in [-0.39, 0.29) is 6.09 Å². The first-order valence-corrected chi connectivity index (χ1v) is 10.8. The number of hydrogen-bond donors (Lipinski definition) is 2. The third-order valence-electron chi connectivity index (χ3n) is 5.08. The van der Waals surface area contributed by atoms with Crippen LogP contribution in [0.25, 0.3) is 0 Å². The topological polar surface area (TPSA) is 83.1 Å². The van der Waals surface area contributed by atoms with Gasteiger partial charge >= 0.3 is 12.1 Å². The number of nitrogens with zero attached hydrogens (tertiary/aromatic N) is 2. The molecule has 0 atom stereocenters. The largest absolute Gasteiger partial charge is 0.495 e. The molecule has 0 aliphatic carbocycles. The summed E-state index contributed by atoms with van der Waals surface area (Å²) in [7, 11) is 1.52. The van der Waals surface area contributed by atoms with E-state index in [9.17, 15) is 14.0 Å². The highest BCUT2D eigenvalue weighted by Crippen LogP contribution is 2.27. The lowest BCUT2D eigenvalue weighted by Crippen LogP contribution is -2.50. The lowest BCUT2D eigenvalue weighted by atomic mass is 10.2. The number of carbonyl (C=O) groups is 2. The molecular weight excluding hydrogens is 427 g/mol.